The molecule has 0 unspecified atom stereocenters. The predicted molar refractivity (Wildman–Crippen MR) is 83.7 cm³/mol. The molecule has 2 N–H and O–H groups in total. The van der Waals surface area contributed by atoms with Crippen LogP contribution in [0.2, 0.25) is 0 Å². The lowest BCUT2D eigenvalue weighted by Gasteiger charge is -2.56. The lowest BCUT2D eigenvalue weighted by atomic mass is 9.49. The van der Waals surface area contributed by atoms with Gasteiger partial charge in [-0.1, -0.05) is 0 Å². The van der Waals surface area contributed by atoms with Gasteiger partial charge in [0.1, 0.15) is 5.69 Å². The summed E-state index contributed by atoms with van der Waals surface area (Å²) in [4.78, 5) is 26.5. The number of rotatable bonds is 4. The van der Waals surface area contributed by atoms with E-state index in [1.54, 1.807) is 12.3 Å². The molecule has 1 amide bonds. The van der Waals surface area contributed by atoms with Crippen molar-refractivity contribution in [3.05, 3.63) is 23.5 Å². The molecule has 1 heterocycles. The summed E-state index contributed by atoms with van der Waals surface area (Å²) in [6, 6.07) is 1.65. The summed E-state index contributed by atoms with van der Waals surface area (Å²) < 4.78 is 0. The normalized spacial score (nSPS) is 35.6. The third-order valence-corrected chi connectivity index (χ3v) is 6.12. The lowest BCUT2D eigenvalue weighted by molar-refractivity contribution is -0.0503. The standard InChI is InChI=1S/C18H24N2O2/c1-11(21)15-5-16(19-9-15)17(22)20-10-18-6-12-2-13(7-18)4-14(3-12)8-18/h5,9,12-14,19H,2-4,6-8,10H2,1H3,(H,20,22). The second-order valence-electron chi connectivity index (χ2n) is 7.96. The molecule has 0 atom stereocenters. The van der Waals surface area contributed by atoms with Crippen LogP contribution in [0.1, 0.15) is 66.3 Å². The van der Waals surface area contributed by atoms with Crippen molar-refractivity contribution < 1.29 is 9.59 Å². The molecule has 0 spiro atoms. The van der Waals surface area contributed by atoms with Gasteiger partial charge in [0, 0.05) is 18.3 Å². The van der Waals surface area contributed by atoms with E-state index in [0.717, 1.165) is 24.3 Å². The highest BCUT2D eigenvalue weighted by Gasteiger charge is 2.50. The van der Waals surface area contributed by atoms with Gasteiger partial charge in [-0.25, -0.2) is 0 Å². The van der Waals surface area contributed by atoms with Crippen LogP contribution < -0.4 is 5.32 Å². The lowest BCUT2D eigenvalue weighted by Crippen LogP contribution is -2.51. The zero-order valence-corrected chi connectivity index (χ0v) is 13.2. The predicted octanol–water partition coefficient (Wildman–Crippen LogP) is 3.16. The van der Waals surface area contributed by atoms with Crippen LogP contribution in [-0.4, -0.2) is 23.2 Å². The molecule has 4 aliphatic rings. The van der Waals surface area contributed by atoms with E-state index in [-0.39, 0.29) is 11.7 Å². The van der Waals surface area contributed by atoms with E-state index in [9.17, 15) is 9.59 Å². The number of aromatic amines is 1. The molecule has 0 aliphatic heterocycles. The molecule has 5 rings (SSSR count). The van der Waals surface area contributed by atoms with Crippen molar-refractivity contribution in [2.45, 2.75) is 45.4 Å². The molecule has 4 fully saturated rings. The maximum absolute atomic E-state index is 12.3. The van der Waals surface area contributed by atoms with Crippen LogP contribution in [0, 0.1) is 23.2 Å². The van der Waals surface area contributed by atoms with Crippen LogP contribution in [0.15, 0.2) is 12.3 Å². The van der Waals surface area contributed by atoms with E-state index in [2.05, 4.69) is 10.3 Å². The number of amides is 1. The van der Waals surface area contributed by atoms with Crippen molar-refractivity contribution in [3.8, 4) is 0 Å². The fourth-order valence-corrected chi connectivity index (χ4v) is 5.60. The Bertz CT molecular complexity index is 581. The Labute approximate surface area is 131 Å². The maximum Gasteiger partial charge on any atom is 0.267 e. The highest BCUT2D eigenvalue weighted by Crippen LogP contribution is 2.59. The minimum absolute atomic E-state index is 0.0172. The average Bonchev–Trinajstić information content (AvgIpc) is 2.93. The zero-order valence-electron chi connectivity index (χ0n) is 13.2. The van der Waals surface area contributed by atoms with E-state index in [1.807, 2.05) is 0 Å². The summed E-state index contributed by atoms with van der Waals surface area (Å²) in [6.07, 6.45) is 9.76. The molecule has 0 aromatic carbocycles. The SMILES string of the molecule is CC(=O)c1c[nH]c(C(=O)NCC23CC4CC(CC(C4)C2)C3)c1. The largest absolute Gasteiger partial charge is 0.356 e. The highest BCUT2D eigenvalue weighted by atomic mass is 16.2. The fourth-order valence-electron chi connectivity index (χ4n) is 5.60. The number of ketones is 1. The Morgan fingerprint density at radius 2 is 1.77 bits per heavy atom. The molecular formula is C18H24N2O2. The van der Waals surface area contributed by atoms with Crippen molar-refractivity contribution in [1.82, 2.24) is 10.3 Å². The number of hydrogen-bond acceptors (Lipinski definition) is 2. The van der Waals surface area contributed by atoms with Crippen LogP contribution in [0.3, 0.4) is 0 Å². The number of carbonyl (C=O) groups excluding carboxylic acids is 2. The molecule has 4 aliphatic carbocycles. The van der Waals surface area contributed by atoms with E-state index >= 15 is 0 Å². The summed E-state index contributed by atoms with van der Waals surface area (Å²) in [7, 11) is 0. The van der Waals surface area contributed by atoms with Crippen molar-refractivity contribution in [2.75, 3.05) is 6.54 Å². The Hall–Kier alpha value is -1.58. The van der Waals surface area contributed by atoms with Gasteiger partial charge in [0.2, 0.25) is 0 Å². The van der Waals surface area contributed by atoms with Gasteiger partial charge in [-0.2, -0.15) is 0 Å². The van der Waals surface area contributed by atoms with Crippen molar-refractivity contribution in [1.29, 1.82) is 0 Å². The molecule has 4 saturated carbocycles. The summed E-state index contributed by atoms with van der Waals surface area (Å²) in [5.41, 5.74) is 1.41. The van der Waals surface area contributed by atoms with E-state index < -0.39 is 0 Å². The molecule has 0 radical (unpaired) electrons. The van der Waals surface area contributed by atoms with Gasteiger partial charge in [0.15, 0.2) is 5.78 Å². The van der Waals surface area contributed by atoms with Crippen LogP contribution >= 0.6 is 0 Å². The molecule has 4 nitrogen and oxygen atoms in total. The quantitative estimate of drug-likeness (QED) is 0.839. The first kappa shape index (κ1) is 14.0. The molecule has 1 aromatic heterocycles. The highest BCUT2D eigenvalue weighted by molar-refractivity contribution is 5.99. The number of H-pyrrole nitrogens is 1. The van der Waals surface area contributed by atoms with Gasteiger partial charge in [0.05, 0.1) is 0 Å². The van der Waals surface area contributed by atoms with Crippen LogP contribution in [0.5, 0.6) is 0 Å². The third kappa shape index (κ3) is 2.38. The zero-order chi connectivity index (χ0) is 15.3. The molecule has 118 valence electrons. The molecule has 0 saturated heterocycles. The second kappa shape index (κ2) is 4.97. The van der Waals surface area contributed by atoms with Crippen LogP contribution in [0.4, 0.5) is 0 Å². The number of Topliss-reactive ketones (excluding diaryl/α,β-unsaturated/α-hetero) is 1. The van der Waals surface area contributed by atoms with Gasteiger partial charge in [-0.05, 0) is 74.7 Å². The van der Waals surface area contributed by atoms with E-state index in [0.29, 0.717) is 16.7 Å². The van der Waals surface area contributed by atoms with Crippen molar-refractivity contribution in [3.63, 3.8) is 0 Å². The van der Waals surface area contributed by atoms with Gasteiger partial charge in [-0.3, -0.25) is 9.59 Å². The first-order valence-corrected chi connectivity index (χ1v) is 8.50. The summed E-state index contributed by atoms with van der Waals surface area (Å²) in [6.45, 7) is 2.31. The van der Waals surface area contributed by atoms with Gasteiger partial charge >= 0.3 is 0 Å². The average molecular weight is 300 g/mol. The molecule has 4 bridgehead atoms. The number of carbonyl (C=O) groups is 2. The summed E-state index contributed by atoms with van der Waals surface area (Å²) >= 11 is 0. The van der Waals surface area contributed by atoms with Crippen molar-refractivity contribution >= 4 is 11.7 Å². The smallest absolute Gasteiger partial charge is 0.267 e. The Balaban J connectivity index is 1.41. The minimum Gasteiger partial charge on any atom is -0.356 e. The Kier molecular flexibility index (Phi) is 3.17. The van der Waals surface area contributed by atoms with Gasteiger partial charge in [0.25, 0.3) is 5.91 Å². The number of hydrogen-bond donors (Lipinski definition) is 2. The Morgan fingerprint density at radius 3 is 2.27 bits per heavy atom. The van der Waals surface area contributed by atoms with Gasteiger partial charge < -0.3 is 10.3 Å². The van der Waals surface area contributed by atoms with Gasteiger partial charge in [-0.15, -0.1) is 0 Å². The van der Waals surface area contributed by atoms with Crippen LogP contribution in [-0.2, 0) is 0 Å². The minimum atomic E-state index is -0.0803. The first-order valence-electron chi connectivity index (χ1n) is 8.50. The number of aromatic nitrogens is 1. The number of nitrogens with one attached hydrogen (secondary N) is 2. The van der Waals surface area contributed by atoms with E-state index in [4.69, 9.17) is 0 Å². The molecule has 22 heavy (non-hydrogen) atoms. The second-order valence-corrected chi connectivity index (χ2v) is 7.96. The van der Waals surface area contributed by atoms with Crippen LogP contribution in [0.25, 0.3) is 0 Å². The van der Waals surface area contributed by atoms with Crippen molar-refractivity contribution in [2.24, 2.45) is 23.2 Å². The maximum atomic E-state index is 12.3. The molecule has 1 aromatic rings. The Morgan fingerprint density at radius 1 is 1.18 bits per heavy atom. The third-order valence-electron chi connectivity index (χ3n) is 6.12. The molecular weight excluding hydrogens is 276 g/mol. The fraction of sp³-hybridized carbons (Fsp3) is 0.667. The monoisotopic (exact) mass is 300 g/mol. The topological polar surface area (TPSA) is 62.0 Å². The summed E-state index contributed by atoms with van der Waals surface area (Å²) in [5, 5.41) is 3.13. The summed E-state index contributed by atoms with van der Waals surface area (Å²) in [5.74, 6) is 2.61. The molecule has 4 heteroatoms. The first-order chi connectivity index (χ1) is 10.5. The van der Waals surface area contributed by atoms with E-state index in [1.165, 1.54) is 45.4 Å².